The number of benzene rings is 1. The second-order valence-electron chi connectivity index (χ2n) is 4.66. The van der Waals surface area contributed by atoms with Gasteiger partial charge < -0.3 is 5.32 Å². The van der Waals surface area contributed by atoms with Crippen LogP contribution in [0.2, 0.25) is 5.02 Å². The monoisotopic (exact) mass is 339 g/mol. The predicted octanol–water partition coefficient (Wildman–Crippen LogP) is 1.98. The van der Waals surface area contributed by atoms with Crippen molar-refractivity contribution in [3.8, 4) is 0 Å². The van der Waals surface area contributed by atoms with E-state index >= 15 is 0 Å². The van der Waals surface area contributed by atoms with E-state index in [1.807, 2.05) is 0 Å². The van der Waals surface area contributed by atoms with Crippen LogP contribution in [0.3, 0.4) is 0 Å². The van der Waals surface area contributed by atoms with Crippen molar-refractivity contribution in [2.45, 2.75) is 24.8 Å². The normalized spacial score (nSPS) is 14.0. The molecule has 0 saturated carbocycles. The van der Waals surface area contributed by atoms with Gasteiger partial charge in [-0.15, -0.1) is 0 Å². The minimum Gasteiger partial charge on any atom is -0.380 e. The molecule has 0 aromatic heterocycles. The lowest BCUT2D eigenvalue weighted by molar-refractivity contribution is 0.592. The fraction of sp³-hybridized carbons (Fsp3) is 0.500. The Morgan fingerprint density at radius 3 is 2.35 bits per heavy atom. The third-order valence-corrected chi connectivity index (χ3v) is 6.04. The number of nitrogens with one attached hydrogen (secondary N) is 1. The molecule has 1 N–H and O–H groups in total. The van der Waals surface area contributed by atoms with Crippen molar-refractivity contribution in [1.82, 2.24) is 0 Å². The molecule has 0 fully saturated rings. The lowest BCUT2D eigenvalue weighted by Crippen LogP contribution is -2.26. The summed E-state index contributed by atoms with van der Waals surface area (Å²) in [6.07, 6.45) is 1.10. The van der Waals surface area contributed by atoms with E-state index in [0.29, 0.717) is 10.7 Å². The Bertz CT molecular complexity index is 683. The van der Waals surface area contributed by atoms with Crippen LogP contribution in [0.5, 0.6) is 0 Å². The molecule has 1 unspecified atom stereocenters. The molecular formula is C12H18ClNO4S2. The smallest absolute Gasteiger partial charge is 0.175 e. The topological polar surface area (TPSA) is 80.3 Å². The summed E-state index contributed by atoms with van der Waals surface area (Å²) in [5.41, 5.74) is 0.411. The molecule has 0 aliphatic carbocycles. The maximum absolute atomic E-state index is 11.5. The van der Waals surface area contributed by atoms with Crippen LogP contribution in [0.1, 0.15) is 13.8 Å². The molecule has 1 rings (SSSR count). The van der Waals surface area contributed by atoms with E-state index in [-0.39, 0.29) is 22.4 Å². The maximum Gasteiger partial charge on any atom is 0.175 e. The second kappa shape index (κ2) is 6.32. The molecule has 0 aliphatic rings. The van der Waals surface area contributed by atoms with Gasteiger partial charge in [0.1, 0.15) is 0 Å². The predicted molar refractivity (Wildman–Crippen MR) is 82.0 cm³/mol. The van der Waals surface area contributed by atoms with Gasteiger partial charge in [0.15, 0.2) is 19.7 Å². The average molecular weight is 340 g/mol. The van der Waals surface area contributed by atoms with Crippen LogP contribution in [0.25, 0.3) is 0 Å². The van der Waals surface area contributed by atoms with Crippen LogP contribution in [-0.4, -0.2) is 40.6 Å². The summed E-state index contributed by atoms with van der Waals surface area (Å²) >= 11 is 5.99. The van der Waals surface area contributed by atoms with Crippen molar-refractivity contribution in [2.24, 2.45) is 0 Å². The fourth-order valence-electron chi connectivity index (χ4n) is 1.65. The lowest BCUT2D eigenvalue weighted by Gasteiger charge is -2.16. The summed E-state index contributed by atoms with van der Waals surface area (Å²) in [4.78, 5) is 0.134. The molecule has 0 saturated heterocycles. The highest BCUT2D eigenvalue weighted by Gasteiger charge is 2.16. The Balaban J connectivity index is 2.98. The molecular weight excluding hydrogens is 322 g/mol. The van der Waals surface area contributed by atoms with E-state index in [9.17, 15) is 16.8 Å². The maximum atomic E-state index is 11.5. The molecule has 8 heteroatoms. The van der Waals surface area contributed by atoms with Gasteiger partial charge in [-0.25, -0.2) is 16.8 Å². The van der Waals surface area contributed by atoms with Gasteiger partial charge >= 0.3 is 0 Å². The first kappa shape index (κ1) is 17.3. The third-order valence-electron chi connectivity index (χ3n) is 2.71. The summed E-state index contributed by atoms with van der Waals surface area (Å²) in [6, 6.07) is 3.93. The number of hydrogen-bond donors (Lipinski definition) is 1. The molecule has 0 aliphatic heterocycles. The van der Waals surface area contributed by atoms with Crippen molar-refractivity contribution >= 4 is 37.0 Å². The van der Waals surface area contributed by atoms with E-state index in [1.54, 1.807) is 13.8 Å². The van der Waals surface area contributed by atoms with Gasteiger partial charge in [0, 0.05) is 18.1 Å². The SMILES string of the molecule is CCS(=O)(=O)CC(C)Nc1cc(S(C)(=O)=O)ccc1Cl. The summed E-state index contributed by atoms with van der Waals surface area (Å²) in [5.74, 6) is 0.0268. The highest BCUT2D eigenvalue weighted by Crippen LogP contribution is 2.26. The average Bonchev–Trinajstić information content (AvgIpc) is 2.30. The molecule has 0 spiro atoms. The van der Waals surface area contributed by atoms with Gasteiger partial charge in [-0.05, 0) is 25.1 Å². The molecule has 0 heterocycles. The first-order valence-corrected chi connectivity index (χ1v) is 10.1. The van der Waals surface area contributed by atoms with Crippen LogP contribution < -0.4 is 5.32 Å². The number of rotatable bonds is 6. The Kier molecular flexibility index (Phi) is 5.46. The highest BCUT2D eigenvalue weighted by molar-refractivity contribution is 7.91. The fourth-order valence-corrected chi connectivity index (χ4v) is 3.55. The van der Waals surface area contributed by atoms with Gasteiger partial charge in [-0.2, -0.15) is 0 Å². The zero-order valence-corrected chi connectivity index (χ0v) is 13.9. The zero-order valence-electron chi connectivity index (χ0n) is 11.6. The number of sulfone groups is 2. The molecule has 1 aromatic carbocycles. The van der Waals surface area contributed by atoms with Gasteiger partial charge in [0.05, 0.1) is 21.4 Å². The van der Waals surface area contributed by atoms with E-state index in [0.717, 1.165) is 6.26 Å². The van der Waals surface area contributed by atoms with Crippen molar-refractivity contribution in [1.29, 1.82) is 0 Å². The number of halogens is 1. The summed E-state index contributed by atoms with van der Waals surface area (Å²) < 4.78 is 46.1. The van der Waals surface area contributed by atoms with Crippen LogP contribution in [0.4, 0.5) is 5.69 Å². The molecule has 20 heavy (non-hydrogen) atoms. The Morgan fingerprint density at radius 2 is 1.85 bits per heavy atom. The van der Waals surface area contributed by atoms with E-state index in [4.69, 9.17) is 11.6 Å². The van der Waals surface area contributed by atoms with E-state index in [1.165, 1.54) is 18.2 Å². The molecule has 0 bridgehead atoms. The van der Waals surface area contributed by atoms with Crippen molar-refractivity contribution in [2.75, 3.05) is 23.1 Å². The van der Waals surface area contributed by atoms with Crippen LogP contribution in [0.15, 0.2) is 23.1 Å². The van der Waals surface area contributed by atoms with Gasteiger partial charge in [0.25, 0.3) is 0 Å². The van der Waals surface area contributed by atoms with Gasteiger partial charge in [0.2, 0.25) is 0 Å². The van der Waals surface area contributed by atoms with E-state index in [2.05, 4.69) is 5.32 Å². The molecule has 5 nitrogen and oxygen atoms in total. The zero-order chi connectivity index (χ0) is 15.6. The molecule has 0 radical (unpaired) electrons. The van der Waals surface area contributed by atoms with E-state index < -0.39 is 19.7 Å². The molecule has 114 valence electrons. The van der Waals surface area contributed by atoms with Crippen molar-refractivity contribution < 1.29 is 16.8 Å². The van der Waals surface area contributed by atoms with Crippen LogP contribution in [-0.2, 0) is 19.7 Å². The summed E-state index contributed by atoms with van der Waals surface area (Å²) in [7, 11) is -6.45. The largest absolute Gasteiger partial charge is 0.380 e. The van der Waals surface area contributed by atoms with Crippen molar-refractivity contribution in [3.05, 3.63) is 23.2 Å². The molecule has 1 aromatic rings. The number of hydrogen-bond acceptors (Lipinski definition) is 5. The standard InChI is InChI=1S/C12H18ClNO4S2/c1-4-20(17,18)8-9(2)14-12-7-10(19(3,15)16)5-6-11(12)13/h5-7,9,14H,4,8H2,1-3H3. The minimum atomic E-state index is -3.33. The second-order valence-corrected chi connectivity index (χ2v) is 9.48. The highest BCUT2D eigenvalue weighted by atomic mass is 35.5. The van der Waals surface area contributed by atoms with Gasteiger partial charge in [-0.1, -0.05) is 18.5 Å². The number of anilines is 1. The first-order valence-electron chi connectivity index (χ1n) is 6.01. The lowest BCUT2D eigenvalue weighted by atomic mass is 10.3. The van der Waals surface area contributed by atoms with Crippen LogP contribution >= 0.6 is 11.6 Å². The Morgan fingerprint density at radius 1 is 1.25 bits per heavy atom. The molecule has 1 atom stereocenters. The van der Waals surface area contributed by atoms with Crippen molar-refractivity contribution in [3.63, 3.8) is 0 Å². The quantitative estimate of drug-likeness (QED) is 0.857. The summed E-state index contributed by atoms with van der Waals surface area (Å²) in [6.45, 7) is 3.29. The van der Waals surface area contributed by atoms with Gasteiger partial charge in [-0.3, -0.25) is 0 Å². The Hall–Kier alpha value is -0.790. The van der Waals surface area contributed by atoms with Crippen LogP contribution in [0, 0.1) is 0 Å². The third kappa shape index (κ3) is 4.96. The summed E-state index contributed by atoms with van der Waals surface area (Å²) in [5, 5.41) is 3.28. The Labute approximate surface area is 125 Å². The molecule has 0 amide bonds. The minimum absolute atomic E-state index is 0.0388. The first-order chi connectivity index (χ1) is 9.05.